The van der Waals surface area contributed by atoms with Crippen LogP contribution in [0.1, 0.15) is 19.4 Å². The molecule has 0 bridgehead atoms. The predicted octanol–water partition coefficient (Wildman–Crippen LogP) is 4.38. The Labute approximate surface area is 130 Å². The Balaban J connectivity index is 3.04. The molecule has 0 aliphatic heterocycles. The van der Waals surface area contributed by atoms with E-state index in [2.05, 4.69) is 26.2 Å². The molecule has 0 heterocycles. The summed E-state index contributed by atoms with van der Waals surface area (Å²) >= 11 is 4.44. The zero-order chi connectivity index (χ0) is 15.1. The number of aryl methyl sites for hydroxylation is 1. The molecule has 0 saturated heterocycles. The fraction of sp³-hybridized carbons (Fsp3) is 0.385. The van der Waals surface area contributed by atoms with E-state index in [-0.39, 0.29) is 12.3 Å². The van der Waals surface area contributed by atoms with Gasteiger partial charge in [0.15, 0.2) is 11.0 Å². The van der Waals surface area contributed by atoms with Gasteiger partial charge in [-0.2, -0.15) is 0 Å². The van der Waals surface area contributed by atoms with Crippen LogP contribution in [-0.2, 0) is 4.74 Å². The first-order valence-electron chi connectivity index (χ1n) is 6.08. The van der Waals surface area contributed by atoms with Crippen LogP contribution in [0.4, 0.5) is 14.9 Å². The number of carbonyl (C=O) groups excluding carboxylic acids is 1. The minimum Gasteiger partial charge on any atom is -0.450 e. The van der Waals surface area contributed by atoms with Crippen LogP contribution in [0.15, 0.2) is 21.6 Å². The van der Waals surface area contributed by atoms with E-state index in [1.54, 1.807) is 19.1 Å². The van der Waals surface area contributed by atoms with Gasteiger partial charge < -0.3 is 4.74 Å². The first-order chi connectivity index (χ1) is 9.47. The lowest BCUT2D eigenvalue weighted by Gasteiger charge is -2.08. The smallest absolute Gasteiger partial charge is 0.413 e. The third-order valence-electron chi connectivity index (χ3n) is 2.14. The third kappa shape index (κ3) is 5.13. The summed E-state index contributed by atoms with van der Waals surface area (Å²) in [5.74, 6) is 0.232. The van der Waals surface area contributed by atoms with Crippen molar-refractivity contribution in [3.05, 3.63) is 28.0 Å². The highest BCUT2D eigenvalue weighted by Crippen LogP contribution is 2.28. The number of carbonyl (C=O) groups is 1. The largest absolute Gasteiger partial charge is 0.450 e. The van der Waals surface area contributed by atoms with Gasteiger partial charge in [-0.05, 0) is 53.2 Å². The van der Waals surface area contributed by atoms with Gasteiger partial charge >= 0.3 is 6.09 Å². The molecule has 1 aromatic rings. The molecule has 0 aliphatic rings. The molecule has 4 nitrogen and oxygen atoms in total. The Morgan fingerprint density at radius 3 is 2.80 bits per heavy atom. The topological polar surface area (TPSA) is 50.7 Å². The van der Waals surface area contributed by atoms with Crippen LogP contribution < -0.4 is 5.32 Å². The molecule has 0 atom stereocenters. The van der Waals surface area contributed by atoms with E-state index >= 15 is 0 Å². The molecule has 0 radical (unpaired) electrons. The number of alkyl carbamates (subject to hydrolysis) is 1. The summed E-state index contributed by atoms with van der Waals surface area (Å²) in [4.78, 5) is 15.6. The number of aliphatic imine (C=N–C) groups is 1. The lowest BCUT2D eigenvalue weighted by Crippen LogP contribution is -2.29. The Bertz CT molecular complexity index is 523. The Morgan fingerprint density at radius 2 is 2.20 bits per heavy atom. The lowest BCUT2D eigenvalue weighted by atomic mass is 10.2. The first kappa shape index (κ1) is 17.0. The summed E-state index contributed by atoms with van der Waals surface area (Å²) in [5, 5.41) is 2.81. The van der Waals surface area contributed by atoms with E-state index in [9.17, 15) is 9.18 Å². The van der Waals surface area contributed by atoms with Gasteiger partial charge in [-0.3, -0.25) is 5.32 Å². The molecule has 20 heavy (non-hydrogen) atoms. The SMILES string of the molecule is CCOC(=O)NC(=Nc1cc(C)cc(Br)c1F)SCC. The molecule has 0 saturated carbocycles. The number of nitrogens with one attached hydrogen (secondary N) is 1. The van der Waals surface area contributed by atoms with Crippen molar-refractivity contribution in [2.75, 3.05) is 12.4 Å². The van der Waals surface area contributed by atoms with Crippen LogP contribution >= 0.6 is 27.7 Å². The Kier molecular flexibility index (Phi) is 7.01. The van der Waals surface area contributed by atoms with Gasteiger partial charge in [0.2, 0.25) is 0 Å². The van der Waals surface area contributed by atoms with Crippen LogP contribution in [0.3, 0.4) is 0 Å². The third-order valence-corrected chi connectivity index (χ3v) is 3.47. The van der Waals surface area contributed by atoms with Crippen LogP contribution in [0.2, 0.25) is 0 Å². The molecule has 1 aromatic carbocycles. The van der Waals surface area contributed by atoms with Gasteiger partial charge in [-0.1, -0.05) is 18.7 Å². The quantitative estimate of drug-likeness (QED) is 0.640. The number of ether oxygens (including phenoxy) is 1. The van der Waals surface area contributed by atoms with Gasteiger partial charge in [0, 0.05) is 0 Å². The molecule has 7 heteroatoms. The average Bonchev–Trinajstić information content (AvgIpc) is 2.35. The standard InChI is InChI=1S/C13H16BrFN2O2S/c1-4-19-13(18)17-12(20-5-2)16-10-7-8(3)6-9(14)11(10)15/h6-7H,4-5H2,1-3H3,(H,16,17,18). The van der Waals surface area contributed by atoms with E-state index < -0.39 is 11.9 Å². The highest BCUT2D eigenvalue weighted by Gasteiger charge is 2.11. The number of amides is 1. The maximum absolute atomic E-state index is 14.0. The van der Waals surface area contributed by atoms with E-state index in [1.807, 2.05) is 13.8 Å². The number of benzene rings is 1. The van der Waals surface area contributed by atoms with Crippen LogP contribution in [0.5, 0.6) is 0 Å². The number of amidine groups is 1. The number of halogens is 2. The number of hydrogen-bond donors (Lipinski definition) is 1. The maximum Gasteiger partial charge on any atom is 0.413 e. The van der Waals surface area contributed by atoms with Crippen molar-refractivity contribution in [2.24, 2.45) is 4.99 Å². The molecule has 1 amide bonds. The molecule has 0 unspecified atom stereocenters. The summed E-state index contributed by atoms with van der Waals surface area (Å²) in [6, 6.07) is 3.28. The van der Waals surface area contributed by atoms with Crippen molar-refractivity contribution < 1.29 is 13.9 Å². The number of thioether (sulfide) groups is 1. The Morgan fingerprint density at radius 1 is 1.50 bits per heavy atom. The minimum absolute atomic E-state index is 0.171. The summed E-state index contributed by atoms with van der Waals surface area (Å²) in [5.41, 5.74) is 1.04. The average molecular weight is 363 g/mol. The van der Waals surface area contributed by atoms with Crippen molar-refractivity contribution in [3.63, 3.8) is 0 Å². The van der Waals surface area contributed by atoms with Gasteiger partial charge in [-0.15, -0.1) is 0 Å². The summed E-state index contributed by atoms with van der Waals surface area (Å²) in [7, 11) is 0. The molecular weight excluding hydrogens is 347 g/mol. The normalized spacial score (nSPS) is 11.3. The minimum atomic E-state index is -0.598. The van der Waals surface area contributed by atoms with Gasteiger partial charge in [0.25, 0.3) is 0 Å². The molecule has 1 rings (SSSR count). The summed E-state index contributed by atoms with van der Waals surface area (Å²) in [6.07, 6.45) is -0.598. The van der Waals surface area contributed by atoms with E-state index in [1.165, 1.54) is 11.8 Å². The van der Waals surface area contributed by atoms with Crippen molar-refractivity contribution in [1.29, 1.82) is 0 Å². The highest BCUT2D eigenvalue weighted by molar-refractivity contribution is 9.10. The second kappa shape index (κ2) is 8.26. The number of nitrogens with zero attached hydrogens (tertiary/aromatic N) is 1. The summed E-state index contributed by atoms with van der Waals surface area (Å²) in [6.45, 7) is 5.73. The molecule has 0 fully saturated rings. The fourth-order valence-electron chi connectivity index (χ4n) is 1.38. The predicted molar refractivity (Wildman–Crippen MR) is 84.2 cm³/mol. The van der Waals surface area contributed by atoms with Crippen molar-refractivity contribution >= 4 is 44.6 Å². The van der Waals surface area contributed by atoms with Crippen molar-refractivity contribution in [1.82, 2.24) is 5.32 Å². The van der Waals surface area contributed by atoms with Crippen LogP contribution in [-0.4, -0.2) is 23.6 Å². The highest BCUT2D eigenvalue weighted by atomic mass is 79.9. The van der Waals surface area contributed by atoms with Crippen LogP contribution in [0, 0.1) is 12.7 Å². The first-order valence-corrected chi connectivity index (χ1v) is 7.86. The van der Waals surface area contributed by atoms with Gasteiger partial charge in [0.05, 0.1) is 11.1 Å². The zero-order valence-corrected chi connectivity index (χ0v) is 13.9. The molecule has 1 N–H and O–H groups in total. The molecule has 110 valence electrons. The number of rotatable bonds is 3. The van der Waals surface area contributed by atoms with Gasteiger partial charge in [-0.25, -0.2) is 14.2 Å². The number of hydrogen-bond acceptors (Lipinski definition) is 4. The maximum atomic E-state index is 14.0. The van der Waals surface area contributed by atoms with Crippen molar-refractivity contribution in [3.8, 4) is 0 Å². The molecule has 0 aromatic heterocycles. The van der Waals surface area contributed by atoms with Crippen molar-refractivity contribution in [2.45, 2.75) is 20.8 Å². The Hall–Kier alpha value is -1.08. The second-order valence-corrected chi connectivity index (χ2v) is 5.88. The lowest BCUT2D eigenvalue weighted by molar-refractivity contribution is 0.158. The van der Waals surface area contributed by atoms with E-state index in [4.69, 9.17) is 4.74 Å². The fourth-order valence-corrected chi connectivity index (χ4v) is 2.54. The second-order valence-electron chi connectivity index (χ2n) is 3.78. The van der Waals surface area contributed by atoms with Crippen LogP contribution in [0.25, 0.3) is 0 Å². The van der Waals surface area contributed by atoms with E-state index in [0.29, 0.717) is 15.4 Å². The summed E-state index contributed by atoms with van der Waals surface area (Å²) < 4.78 is 19.1. The van der Waals surface area contributed by atoms with E-state index in [0.717, 1.165) is 5.56 Å². The molecule has 0 spiro atoms. The molecule has 0 aliphatic carbocycles. The monoisotopic (exact) mass is 362 g/mol. The van der Waals surface area contributed by atoms with Gasteiger partial charge in [0.1, 0.15) is 5.69 Å². The molecular formula is C13H16BrFN2O2S. The zero-order valence-electron chi connectivity index (χ0n) is 11.5.